The second-order valence-corrected chi connectivity index (χ2v) is 6.46. The van der Waals surface area contributed by atoms with Crippen LogP contribution < -0.4 is 5.32 Å². The van der Waals surface area contributed by atoms with Crippen LogP contribution in [0.5, 0.6) is 0 Å². The number of aliphatic hydroxyl groups excluding tert-OH is 1. The number of benzene rings is 1. The van der Waals surface area contributed by atoms with Crippen molar-refractivity contribution in [3.8, 4) is 0 Å². The van der Waals surface area contributed by atoms with E-state index in [9.17, 15) is 18.5 Å². The molecule has 0 heterocycles. The number of hydrogen-bond acceptors (Lipinski definition) is 6. The number of nitro benzene ring substituents is 1. The van der Waals surface area contributed by atoms with Gasteiger partial charge in [0.05, 0.1) is 16.4 Å². The average molecular weight is 317 g/mol. The van der Waals surface area contributed by atoms with Gasteiger partial charge in [-0.3, -0.25) is 10.1 Å². The maximum absolute atomic E-state index is 12.2. The molecule has 0 aliphatic heterocycles. The zero-order valence-electron chi connectivity index (χ0n) is 11.9. The molecular formula is C12H19N3O5S. The number of sulfonamides is 1. The van der Waals surface area contributed by atoms with E-state index in [0.717, 1.165) is 16.8 Å². The zero-order chi connectivity index (χ0) is 16.0. The minimum atomic E-state index is -3.85. The van der Waals surface area contributed by atoms with Gasteiger partial charge in [-0.25, -0.2) is 8.42 Å². The summed E-state index contributed by atoms with van der Waals surface area (Å²) >= 11 is 0. The average Bonchev–Trinajstić information content (AvgIpc) is 2.44. The maximum Gasteiger partial charge on any atom is 0.293 e. The van der Waals surface area contributed by atoms with Crippen molar-refractivity contribution >= 4 is 21.4 Å². The lowest BCUT2D eigenvalue weighted by molar-refractivity contribution is -0.384. The summed E-state index contributed by atoms with van der Waals surface area (Å²) in [5.41, 5.74) is -0.00691. The van der Waals surface area contributed by atoms with Crippen LogP contribution >= 0.6 is 0 Å². The van der Waals surface area contributed by atoms with Gasteiger partial charge in [-0.05, 0) is 18.6 Å². The summed E-state index contributed by atoms with van der Waals surface area (Å²) in [6.07, 6.45) is 0.788. The summed E-state index contributed by atoms with van der Waals surface area (Å²) in [5, 5.41) is 22.8. The number of rotatable bonds is 8. The highest BCUT2D eigenvalue weighted by Gasteiger charge is 2.24. The van der Waals surface area contributed by atoms with Crippen molar-refractivity contribution in [3.05, 3.63) is 28.3 Å². The van der Waals surface area contributed by atoms with Crippen molar-refractivity contribution in [2.75, 3.05) is 32.1 Å². The third kappa shape index (κ3) is 4.13. The summed E-state index contributed by atoms with van der Waals surface area (Å²) in [4.78, 5) is 10.3. The van der Waals surface area contributed by atoms with Crippen molar-refractivity contribution in [1.82, 2.24) is 4.31 Å². The van der Waals surface area contributed by atoms with Gasteiger partial charge >= 0.3 is 0 Å². The monoisotopic (exact) mass is 317 g/mol. The molecule has 0 fully saturated rings. The number of nitro groups is 1. The van der Waals surface area contributed by atoms with Crippen molar-refractivity contribution in [3.63, 3.8) is 0 Å². The first-order valence-corrected chi connectivity index (χ1v) is 7.88. The predicted molar refractivity (Wildman–Crippen MR) is 78.8 cm³/mol. The molecule has 0 amide bonds. The van der Waals surface area contributed by atoms with Crippen LogP contribution in [-0.4, -0.2) is 49.5 Å². The molecule has 0 aromatic heterocycles. The highest BCUT2D eigenvalue weighted by molar-refractivity contribution is 7.89. The highest BCUT2D eigenvalue weighted by Crippen LogP contribution is 2.28. The Morgan fingerprint density at radius 2 is 2.10 bits per heavy atom. The lowest BCUT2D eigenvalue weighted by atomic mass is 10.2. The van der Waals surface area contributed by atoms with Crippen molar-refractivity contribution in [1.29, 1.82) is 0 Å². The standard InChI is InChI=1S/C12H19N3O5S/c1-3-6-13-11-5-4-10(9-12(11)15(17)18)21(19,20)14(2)7-8-16/h4-5,9,13,16H,3,6-8H2,1-2H3. The van der Waals surface area contributed by atoms with Crippen LogP contribution in [0.3, 0.4) is 0 Å². The number of hydrogen-bond donors (Lipinski definition) is 2. The van der Waals surface area contributed by atoms with Gasteiger partial charge in [0, 0.05) is 26.2 Å². The van der Waals surface area contributed by atoms with E-state index in [0.29, 0.717) is 6.54 Å². The normalized spacial score (nSPS) is 11.6. The molecule has 0 aliphatic rings. The SMILES string of the molecule is CCCNc1ccc(S(=O)(=O)N(C)CCO)cc1[N+](=O)[O-]. The van der Waals surface area contributed by atoms with Gasteiger partial charge in [-0.2, -0.15) is 4.31 Å². The molecular weight excluding hydrogens is 298 g/mol. The first-order valence-electron chi connectivity index (χ1n) is 6.44. The molecule has 1 aromatic carbocycles. The molecule has 8 nitrogen and oxygen atoms in total. The molecule has 118 valence electrons. The Morgan fingerprint density at radius 1 is 1.43 bits per heavy atom. The Bertz CT molecular complexity index is 603. The first-order chi connectivity index (χ1) is 9.84. The zero-order valence-corrected chi connectivity index (χ0v) is 12.8. The third-order valence-corrected chi connectivity index (χ3v) is 4.71. The van der Waals surface area contributed by atoms with Crippen LogP contribution in [0.1, 0.15) is 13.3 Å². The van der Waals surface area contributed by atoms with Gasteiger partial charge in [-0.1, -0.05) is 6.92 Å². The quantitative estimate of drug-likeness (QED) is 0.547. The van der Waals surface area contributed by atoms with Gasteiger partial charge in [-0.15, -0.1) is 0 Å². The summed E-state index contributed by atoms with van der Waals surface area (Å²) in [6.45, 7) is 2.07. The molecule has 0 radical (unpaired) electrons. The second-order valence-electron chi connectivity index (χ2n) is 4.41. The molecule has 0 unspecified atom stereocenters. The fourth-order valence-corrected chi connectivity index (χ4v) is 2.86. The lowest BCUT2D eigenvalue weighted by Gasteiger charge is -2.16. The molecule has 0 bridgehead atoms. The van der Waals surface area contributed by atoms with E-state index >= 15 is 0 Å². The van der Waals surface area contributed by atoms with Crippen LogP contribution in [-0.2, 0) is 10.0 Å². The molecule has 2 N–H and O–H groups in total. The van der Waals surface area contributed by atoms with Crippen LogP contribution in [0.15, 0.2) is 23.1 Å². The topological polar surface area (TPSA) is 113 Å². The fourth-order valence-electron chi connectivity index (χ4n) is 1.67. The Balaban J connectivity index is 3.22. The number of nitrogens with one attached hydrogen (secondary N) is 1. The Labute approximate surface area is 123 Å². The first kappa shape index (κ1) is 17.3. The second kappa shape index (κ2) is 7.34. The Kier molecular flexibility index (Phi) is 6.06. The summed E-state index contributed by atoms with van der Waals surface area (Å²) in [7, 11) is -2.55. The fraction of sp³-hybridized carbons (Fsp3) is 0.500. The smallest absolute Gasteiger partial charge is 0.293 e. The van der Waals surface area contributed by atoms with Crippen LogP contribution in [0.4, 0.5) is 11.4 Å². The van der Waals surface area contributed by atoms with Gasteiger partial charge < -0.3 is 10.4 Å². The van der Waals surface area contributed by atoms with Crippen molar-refractivity contribution in [2.24, 2.45) is 0 Å². The van der Waals surface area contributed by atoms with E-state index in [2.05, 4.69) is 5.32 Å². The van der Waals surface area contributed by atoms with Gasteiger partial charge in [0.25, 0.3) is 5.69 Å². The number of anilines is 1. The number of aliphatic hydroxyl groups is 1. The minimum absolute atomic E-state index is 0.0774. The summed E-state index contributed by atoms with van der Waals surface area (Å²) < 4.78 is 25.3. The van der Waals surface area contributed by atoms with Gasteiger partial charge in [0.2, 0.25) is 10.0 Å². The van der Waals surface area contributed by atoms with Crippen molar-refractivity contribution < 1.29 is 18.4 Å². The van der Waals surface area contributed by atoms with Crippen molar-refractivity contribution in [2.45, 2.75) is 18.2 Å². The molecule has 0 spiro atoms. The number of nitrogens with zero attached hydrogens (tertiary/aromatic N) is 2. The number of likely N-dealkylation sites (N-methyl/N-ethyl adjacent to an activating group) is 1. The molecule has 1 rings (SSSR count). The largest absolute Gasteiger partial charge is 0.395 e. The minimum Gasteiger partial charge on any atom is -0.395 e. The van der Waals surface area contributed by atoms with E-state index < -0.39 is 14.9 Å². The molecule has 0 aliphatic carbocycles. The van der Waals surface area contributed by atoms with E-state index in [1.807, 2.05) is 6.92 Å². The van der Waals surface area contributed by atoms with Crippen LogP contribution in [0.25, 0.3) is 0 Å². The van der Waals surface area contributed by atoms with E-state index in [4.69, 9.17) is 5.11 Å². The molecule has 21 heavy (non-hydrogen) atoms. The Hall–Kier alpha value is -1.71. The lowest BCUT2D eigenvalue weighted by Crippen LogP contribution is -2.29. The summed E-state index contributed by atoms with van der Waals surface area (Å²) in [6, 6.07) is 3.73. The molecule has 9 heteroatoms. The maximum atomic E-state index is 12.2. The van der Waals surface area contributed by atoms with Gasteiger partial charge in [0.1, 0.15) is 5.69 Å². The Morgan fingerprint density at radius 3 is 2.62 bits per heavy atom. The molecule has 0 saturated heterocycles. The van der Waals surface area contributed by atoms with E-state index in [1.165, 1.54) is 19.2 Å². The molecule has 0 atom stereocenters. The highest BCUT2D eigenvalue weighted by atomic mass is 32.2. The third-order valence-electron chi connectivity index (χ3n) is 2.85. The van der Waals surface area contributed by atoms with E-state index in [1.54, 1.807) is 0 Å². The van der Waals surface area contributed by atoms with Crippen LogP contribution in [0.2, 0.25) is 0 Å². The van der Waals surface area contributed by atoms with Crippen LogP contribution in [0, 0.1) is 10.1 Å². The molecule has 1 aromatic rings. The predicted octanol–water partition coefficient (Wildman–Crippen LogP) is 1.03. The summed E-state index contributed by atoms with van der Waals surface area (Å²) in [5.74, 6) is 0. The molecule has 0 saturated carbocycles. The van der Waals surface area contributed by atoms with E-state index in [-0.39, 0.29) is 29.4 Å². The van der Waals surface area contributed by atoms with Gasteiger partial charge in [0.15, 0.2) is 0 Å².